The Labute approximate surface area is 241 Å². The highest BCUT2D eigenvalue weighted by atomic mass is 35.5. The van der Waals surface area contributed by atoms with Crippen LogP contribution in [0.4, 0.5) is 0 Å². The van der Waals surface area contributed by atoms with Crippen LogP contribution in [0.25, 0.3) is 0 Å². The molecule has 4 aromatic rings. The maximum Gasteiger partial charge on any atom is 0.343 e. The minimum absolute atomic E-state index is 0.254. The summed E-state index contributed by atoms with van der Waals surface area (Å²) in [5.41, 5.74) is 3.41. The highest BCUT2D eigenvalue weighted by Crippen LogP contribution is 2.29. The number of esters is 1. The molecule has 0 aliphatic rings. The van der Waals surface area contributed by atoms with Gasteiger partial charge in [0.05, 0.1) is 18.4 Å². The van der Waals surface area contributed by atoms with E-state index in [9.17, 15) is 9.59 Å². The van der Waals surface area contributed by atoms with Crippen molar-refractivity contribution in [2.45, 2.75) is 13.2 Å². The van der Waals surface area contributed by atoms with Gasteiger partial charge in [-0.25, -0.2) is 10.2 Å². The molecule has 0 saturated carbocycles. The molecule has 0 bridgehead atoms. The van der Waals surface area contributed by atoms with E-state index in [1.54, 1.807) is 91.0 Å². The molecule has 0 spiro atoms. The molecule has 10 heteroatoms. The van der Waals surface area contributed by atoms with Crippen LogP contribution in [0, 0.1) is 0 Å². The SMILES string of the molecule is CCOc1cc(/C=N\NC(=O)C(Oc2ccc(Cl)cc2)Oc2ccc(Cl)cc2)ccc1OC(=O)c1ccccc1. The van der Waals surface area contributed by atoms with Gasteiger partial charge in [-0.05, 0) is 91.3 Å². The zero-order valence-electron chi connectivity index (χ0n) is 21.3. The van der Waals surface area contributed by atoms with E-state index in [0.29, 0.717) is 45.0 Å². The van der Waals surface area contributed by atoms with Crippen LogP contribution in [0.3, 0.4) is 0 Å². The number of benzene rings is 4. The lowest BCUT2D eigenvalue weighted by Gasteiger charge is -2.19. The fourth-order valence-corrected chi connectivity index (χ4v) is 3.57. The molecule has 0 radical (unpaired) electrons. The second-order valence-corrected chi connectivity index (χ2v) is 8.98. The second-order valence-electron chi connectivity index (χ2n) is 8.10. The normalized spacial score (nSPS) is 10.8. The highest BCUT2D eigenvalue weighted by molar-refractivity contribution is 6.30. The van der Waals surface area contributed by atoms with Gasteiger partial charge in [0, 0.05) is 10.0 Å². The van der Waals surface area contributed by atoms with E-state index < -0.39 is 18.2 Å². The van der Waals surface area contributed by atoms with Crippen LogP contribution in [0.2, 0.25) is 10.0 Å². The van der Waals surface area contributed by atoms with Crippen LogP contribution in [-0.4, -0.2) is 31.0 Å². The zero-order chi connectivity index (χ0) is 28.3. The van der Waals surface area contributed by atoms with Crippen molar-refractivity contribution < 1.29 is 28.5 Å². The number of amides is 1. The Morgan fingerprint density at radius 1 is 0.825 bits per heavy atom. The first kappa shape index (κ1) is 28.5. The number of ether oxygens (including phenoxy) is 4. The maximum absolute atomic E-state index is 12.9. The lowest BCUT2D eigenvalue weighted by atomic mass is 10.2. The minimum Gasteiger partial charge on any atom is -0.490 e. The summed E-state index contributed by atoms with van der Waals surface area (Å²) in [5, 5.41) is 5.06. The molecule has 204 valence electrons. The van der Waals surface area contributed by atoms with Crippen LogP contribution in [0.15, 0.2) is 102 Å². The number of rotatable bonds is 11. The molecule has 0 atom stereocenters. The van der Waals surface area contributed by atoms with Crippen molar-refractivity contribution in [1.29, 1.82) is 0 Å². The molecule has 40 heavy (non-hydrogen) atoms. The van der Waals surface area contributed by atoms with Crippen molar-refractivity contribution in [2.24, 2.45) is 5.10 Å². The van der Waals surface area contributed by atoms with Gasteiger partial charge >= 0.3 is 18.2 Å². The van der Waals surface area contributed by atoms with Crippen molar-refractivity contribution in [3.05, 3.63) is 118 Å². The predicted octanol–water partition coefficient (Wildman–Crippen LogP) is 6.55. The monoisotopic (exact) mass is 578 g/mol. The summed E-state index contributed by atoms with van der Waals surface area (Å²) in [6.45, 7) is 2.16. The fourth-order valence-electron chi connectivity index (χ4n) is 3.32. The molecular formula is C30H24Cl2N2O6. The summed E-state index contributed by atoms with van der Waals surface area (Å²) in [6.07, 6.45) is 0.0310. The van der Waals surface area contributed by atoms with Gasteiger partial charge in [-0.2, -0.15) is 5.10 Å². The van der Waals surface area contributed by atoms with E-state index in [1.807, 2.05) is 13.0 Å². The van der Waals surface area contributed by atoms with Gasteiger partial charge in [-0.15, -0.1) is 0 Å². The number of hydrogen-bond acceptors (Lipinski definition) is 7. The minimum atomic E-state index is -1.38. The van der Waals surface area contributed by atoms with Crippen molar-refractivity contribution in [3.8, 4) is 23.0 Å². The topological polar surface area (TPSA) is 95.5 Å². The number of hydrogen-bond donors (Lipinski definition) is 1. The summed E-state index contributed by atoms with van der Waals surface area (Å²) in [7, 11) is 0. The largest absolute Gasteiger partial charge is 0.490 e. The first-order valence-electron chi connectivity index (χ1n) is 12.1. The third-order valence-corrected chi connectivity index (χ3v) is 5.70. The number of nitrogens with zero attached hydrogens (tertiary/aromatic N) is 1. The summed E-state index contributed by atoms with van der Waals surface area (Å²) >= 11 is 11.9. The average Bonchev–Trinajstić information content (AvgIpc) is 2.96. The number of hydrazone groups is 1. The molecular weight excluding hydrogens is 555 g/mol. The first-order valence-corrected chi connectivity index (χ1v) is 12.9. The Kier molecular flexibility index (Phi) is 9.99. The van der Waals surface area contributed by atoms with Gasteiger partial charge < -0.3 is 18.9 Å². The number of carbonyl (C=O) groups is 2. The summed E-state index contributed by atoms with van der Waals surface area (Å²) in [6, 6.07) is 26.5. The standard InChI is InChI=1S/C30H24Cl2N2O6/c1-2-37-27-18-20(8-17-26(27)40-29(36)21-6-4-3-5-7-21)19-33-34-28(35)30(38-24-13-9-22(31)10-14-24)39-25-15-11-23(32)12-16-25/h3-19,30H,2H2,1H3,(H,34,35)/b33-19-. The van der Waals surface area contributed by atoms with Crippen LogP contribution in [0.5, 0.6) is 23.0 Å². The second kappa shape index (κ2) is 14.0. The Morgan fingerprint density at radius 3 is 2.00 bits per heavy atom. The molecule has 0 aromatic heterocycles. The zero-order valence-corrected chi connectivity index (χ0v) is 22.8. The average molecular weight is 579 g/mol. The van der Waals surface area contributed by atoms with E-state index >= 15 is 0 Å². The Balaban J connectivity index is 1.45. The van der Waals surface area contributed by atoms with Gasteiger partial charge in [0.1, 0.15) is 11.5 Å². The van der Waals surface area contributed by atoms with E-state index in [1.165, 1.54) is 6.21 Å². The molecule has 0 saturated heterocycles. The lowest BCUT2D eigenvalue weighted by Crippen LogP contribution is -2.40. The van der Waals surface area contributed by atoms with Gasteiger partial charge in [0.15, 0.2) is 11.5 Å². The van der Waals surface area contributed by atoms with Gasteiger partial charge in [0.2, 0.25) is 0 Å². The smallest absolute Gasteiger partial charge is 0.343 e. The molecule has 0 heterocycles. The van der Waals surface area contributed by atoms with E-state index in [0.717, 1.165) is 0 Å². The summed E-state index contributed by atoms with van der Waals surface area (Å²) in [5.74, 6) is 0.151. The Bertz CT molecular complexity index is 1410. The number of nitrogens with one attached hydrogen (secondary N) is 1. The van der Waals surface area contributed by atoms with E-state index in [4.69, 9.17) is 42.1 Å². The molecule has 0 unspecified atom stereocenters. The maximum atomic E-state index is 12.9. The fraction of sp³-hybridized carbons (Fsp3) is 0.100. The van der Waals surface area contributed by atoms with E-state index in [2.05, 4.69) is 10.5 Å². The van der Waals surface area contributed by atoms with Crippen LogP contribution in [0.1, 0.15) is 22.8 Å². The van der Waals surface area contributed by atoms with Crippen molar-refractivity contribution in [1.82, 2.24) is 5.43 Å². The molecule has 4 aromatic carbocycles. The molecule has 1 N–H and O–H groups in total. The van der Waals surface area contributed by atoms with Gasteiger partial charge in [0.25, 0.3) is 0 Å². The summed E-state index contributed by atoms with van der Waals surface area (Å²) < 4.78 is 22.6. The molecule has 0 aliphatic carbocycles. The Hall–Kier alpha value is -4.53. The summed E-state index contributed by atoms with van der Waals surface area (Å²) in [4.78, 5) is 25.4. The van der Waals surface area contributed by atoms with Crippen molar-refractivity contribution in [3.63, 3.8) is 0 Å². The first-order chi connectivity index (χ1) is 19.4. The third kappa shape index (κ3) is 8.23. The third-order valence-electron chi connectivity index (χ3n) is 5.20. The number of carbonyl (C=O) groups excluding carboxylic acids is 2. The van der Waals surface area contributed by atoms with Crippen LogP contribution in [-0.2, 0) is 4.79 Å². The van der Waals surface area contributed by atoms with Crippen molar-refractivity contribution in [2.75, 3.05) is 6.61 Å². The van der Waals surface area contributed by atoms with Crippen LogP contribution >= 0.6 is 23.2 Å². The molecule has 0 fully saturated rings. The quantitative estimate of drug-likeness (QED) is 0.0713. The Morgan fingerprint density at radius 2 is 1.43 bits per heavy atom. The van der Waals surface area contributed by atoms with E-state index in [-0.39, 0.29) is 5.75 Å². The molecule has 1 amide bonds. The van der Waals surface area contributed by atoms with Crippen LogP contribution < -0.4 is 24.4 Å². The van der Waals surface area contributed by atoms with Gasteiger partial charge in [-0.1, -0.05) is 41.4 Å². The molecule has 0 aliphatic heterocycles. The predicted molar refractivity (Wildman–Crippen MR) is 153 cm³/mol. The van der Waals surface area contributed by atoms with Crippen molar-refractivity contribution >= 4 is 41.3 Å². The van der Waals surface area contributed by atoms with Gasteiger partial charge in [-0.3, -0.25) is 4.79 Å². The molecule has 4 rings (SSSR count). The lowest BCUT2D eigenvalue weighted by molar-refractivity contribution is -0.140. The molecule has 8 nitrogen and oxygen atoms in total. The number of halogens is 2. The highest BCUT2D eigenvalue weighted by Gasteiger charge is 2.23.